The maximum absolute atomic E-state index is 2.40. The largest absolute Gasteiger partial charge is 0.325 e. The minimum atomic E-state index is 0.454. The van der Waals surface area contributed by atoms with Crippen molar-refractivity contribution in [2.45, 2.75) is 47.1 Å². The van der Waals surface area contributed by atoms with E-state index in [1.54, 1.807) is 0 Å². The van der Waals surface area contributed by atoms with Crippen LogP contribution in [-0.2, 0) is 6.54 Å². The van der Waals surface area contributed by atoms with E-state index in [2.05, 4.69) is 72.1 Å². The minimum Gasteiger partial charge on any atom is -0.325 e. The van der Waals surface area contributed by atoms with E-state index >= 15 is 0 Å². The summed E-state index contributed by atoms with van der Waals surface area (Å²) in [7, 11) is 4.69. The van der Waals surface area contributed by atoms with E-state index < -0.39 is 0 Å². The molecular formula is C18H32N+. The van der Waals surface area contributed by atoms with Crippen LogP contribution in [-0.4, -0.2) is 25.1 Å². The molecule has 0 radical (unpaired) electrons. The predicted molar refractivity (Wildman–Crippen MR) is 85.0 cm³/mol. The Labute approximate surface area is 120 Å². The molecule has 0 fully saturated rings. The molecule has 1 atom stereocenters. The van der Waals surface area contributed by atoms with Crippen LogP contribution >= 0.6 is 0 Å². The van der Waals surface area contributed by atoms with Crippen LogP contribution in [0.1, 0.15) is 46.1 Å². The van der Waals surface area contributed by atoms with E-state index in [0.717, 1.165) is 16.9 Å². The van der Waals surface area contributed by atoms with Crippen molar-refractivity contribution in [1.29, 1.82) is 0 Å². The van der Waals surface area contributed by atoms with Gasteiger partial charge in [-0.25, -0.2) is 0 Å². The first-order valence-electron chi connectivity index (χ1n) is 7.54. The van der Waals surface area contributed by atoms with E-state index in [4.69, 9.17) is 0 Å². The van der Waals surface area contributed by atoms with Gasteiger partial charge in [-0.1, -0.05) is 58.0 Å². The van der Waals surface area contributed by atoms with Crippen LogP contribution in [0.2, 0.25) is 0 Å². The number of hydrogen-bond donors (Lipinski definition) is 0. The standard InChI is InChI=1S/C18H32N/c1-16(14-18(2,3)4)12-13-19(5,6)15-17-10-8-7-9-11-17/h7-11,16H,12-15H2,1-6H3/q+1. The molecule has 0 spiro atoms. The lowest BCUT2D eigenvalue weighted by Gasteiger charge is -2.32. The molecule has 1 nitrogen and oxygen atoms in total. The molecule has 1 unspecified atom stereocenters. The first kappa shape index (κ1) is 16.2. The van der Waals surface area contributed by atoms with Gasteiger partial charge in [-0.05, 0) is 24.2 Å². The van der Waals surface area contributed by atoms with E-state index in [9.17, 15) is 0 Å². The first-order valence-corrected chi connectivity index (χ1v) is 7.54. The molecular weight excluding hydrogens is 230 g/mol. The molecule has 0 aliphatic rings. The third kappa shape index (κ3) is 7.37. The van der Waals surface area contributed by atoms with Crippen molar-refractivity contribution in [2.75, 3.05) is 20.6 Å². The molecule has 0 aliphatic heterocycles. The third-order valence-corrected chi connectivity index (χ3v) is 3.64. The molecule has 0 amide bonds. The third-order valence-electron chi connectivity index (χ3n) is 3.64. The number of quaternary nitrogens is 1. The molecule has 0 bridgehead atoms. The van der Waals surface area contributed by atoms with Gasteiger partial charge in [0.2, 0.25) is 0 Å². The van der Waals surface area contributed by atoms with Crippen LogP contribution in [0.15, 0.2) is 30.3 Å². The fraction of sp³-hybridized carbons (Fsp3) is 0.667. The Kier molecular flexibility index (Phi) is 5.61. The van der Waals surface area contributed by atoms with Gasteiger partial charge in [0.25, 0.3) is 0 Å². The Bertz CT molecular complexity index is 359. The molecule has 1 rings (SSSR count). The lowest BCUT2D eigenvalue weighted by atomic mass is 9.84. The summed E-state index contributed by atoms with van der Waals surface area (Å²) in [5, 5.41) is 0. The topological polar surface area (TPSA) is 0 Å². The summed E-state index contributed by atoms with van der Waals surface area (Å²) >= 11 is 0. The van der Waals surface area contributed by atoms with Crippen molar-refractivity contribution in [3.8, 4) is 0 Å². The van der Waals surface area contributed by atoms with Crippen LogP contribution < -0.4 is 0 Å². The van der Waals surface area contributed by atoms with Gasteiger partial charge in [0.05, 0.1) is 20.6 Å². The summed E-state index contributed by atoms with van der Waals surface area (Å²) in [6, 6.07) is 10.8. The van der Waals surface area contributed by atoms with Crippen LogP contribution in [0.5, 0.6) is 0 Å². The average Bonchev–Trinajstić information content (AvgIpc) is 2.25. The maximum Gasteiger partial charge on any atom is 0.104 e. The Morgan fingerprint density at radius 2 is 1.63 bits per heavy atom. The second-order valence-electron chi connectivity index (χ2n) is 7.96. The molecule has 1 aromatic carbocycles. The zero-order valence-electron chi connectivity index (χ0n) is 13.7. The molecule has 0 saturated carbocycles. The van der Waals surface area contributed by atoms with Gasteiger partial charge in [0.1, 0.15) is 6.54 Å². The van der Waals surface area contributed by atoms with Crippen molar-refractivity contribution in [3.05, 3.63) is 35.9 Å². The van der Waals surface area contributed by atoms with Crippen molar-refractivity contribution in [2.24, 2.45) is 11.3 Å². The average molecular weight is 262 g/mol. The molecule has 0 aliphatic carbocycles. The van der Waals surface area contributed by atoms with Gasteiger partial charge in [0.15, 0.2) is 0 Å². The Balaban J connectivity index is 2.42. The number of nitrogens with zero attached hydrogens (tertiary/aromatic N) is 1. The van der Waals surface area contributed by atoms with E-state index in [0.29, 0.717) is 5.41 Å². The Morgan fingerprint density at radius 3 is 2.16 bits per heavy atom. The first-order chi connectivity index (χ1) is 8.68. The normalized spacial score (nSPS) is 14.4. The highest BCUT2D eigenvalue weighted by Gasteiger charge is 2.20. The second-order valence-corrected chi connectivity index (χ2v) is 7.96. The minimum absolute atomic E-state index is 0.454. The van der Waals surface area contributed by atoms with Gasteiger partial charge >= 0.3 is 0 Å². The molecule has 0 saturated heterocycles. The zero-order valence-corrected chi connectivity index (χ0v) is 13.7. The molecule has 1 aromatic rings. The number of benzene rings is 1. The highest BCUT2D eigenvalue weighted by Crippen LogP contribution is 2.26. The molecule has 19 heavy (non-hydrogen) atoms. The van der Waals surface area contributed by atoms with Crippen molar-refractivity contribution >= 4 is 0 Å². The van der Waals surface area contributed by atoms with Gasteiger partial charge in [-0.15, -0.1) is 0 Å². The molecule has 0 N–H and O–H groups in total. The quantitative estimate of drug-likeness (QED) is 0.650. The number of rotatable bonds is 6. The summed E-state index contributed by atoms with van der Waals surface area (Å²) in [5.74, 6) is 0.813. The molecule has 108 valence electrons. The number of hydrogen-bond acceptors (Lipinski definition) is 0. The lowest BCUT2D eigenvalue weighted by Crippen LogP contribution is -2.40. The fourth-order valence-corrected chi connectivity index (χ4v) is 2.87. The van der Waals surface area contributed by atoms with Gasteiger partial charge in [-0.2, -0.15) is 0 Å². The lowest BCUT2D eigenvalue weighted by molar-refractivity contribution is -0.904. The second kappa shape index (κ2) is 6.56. The smallest absolute Gasteiger partial charge is 0.104 e. The van der Waals surface area contributed by atoms with Crippen LogP contribution in [0.25, 0.3) is 0 Å². The van der Waals surface area contributed by atoms with Crippen molar-refractivity contribution in [1.82, 2.24) is 0 Å². The highest BCUT2D eigenvalue weighted by molar-refractivity contribution is 5.13. The van der Waals surface area contributed by atoms with Gasteiger partial charge < -0.3 is 4.48 Å². The summed E-state index contributed by atoms with van der Waals surface area (Å²) in [5.41, 5.74) is 1.90. The highest BCUT2D eigenvalue weighted by atomic mass is 15.3. The SMILES string of the molecule is CC(CC[N+](C)(C)Cc1ccccc1)CC(C)(C)C. The van der Waals surface area contributed by atoms with E-state index in [1.807, 2.05) is 0 Å². The zero-order chi connectivity index (χ0) is 14.5. The molecule has 1 heteroatoms. The fourth-order valence-electron chi connectivity index (χ4n) is 2.87. The van der Waals surface area contributed by atoms with Gasteiger partial charge in [0, 0.05) is 5.56 Å². The predicted octanol–water partition coefficient (Wildman–Crippen LogP) is 4.73. The Morgan fingerprint density at radius 1 is 1.05 bits per heavy atom. The van der Waals surface area contributed by atoms with Crippen LogP contribution in [0, 0.1) is 11.3 Å². The summed E-state index contributed by atoms with van der Waals surface area (Å²) < 4.78 is 1.08. The van der Waals surface area contributed by atoms with Gasteiger partial charge in [-0.3, -0.25) is 0 Å². The molecule has 0 heterocycles. The molecule has 0 aromatic heterocycles. The van der Waals surface area contributed by atoms with Crippen LogP contribution in [0.4, 0.5) is 0 Å². The maximum atomic E-state index is 2.40. The van der Waals surface area contributed by atoms with Crippen molar-refractivity contribution in [3.63, 3.8) is 0 Å². The monoisotopic (exact) mass is 262 g/mol. The summed E-state index contributed by atoms with van der Waals surface area (Å²) in [6.45, 7) is 11.8. The summed E-state index contributed by atoms with van der Waals surface area (Å²) in [6.07, 6.45) is 2.63. The van der Waals surface area contributed by atoms with Crippen LogP contribution in [0.3, 0.4) is 0 Å². The Hall–Kier alpha value is -0.820. The van der Waals surface area contributed by atoms with Crippen molar-refractivity contribution < 1.29 is 4.48 Å². The van der Waals surface area contributed by atoms with E-state index in [-0.39, 0.29) is 0 Å². The van der Waals surface area contributed by atoms with E-state index in [1.165, 1.54) is 24.9 Å². The summed E-state index contributed by atoms with van der Waals surface area (Å²) in [4.78, 5) is 0.